The smallest absolute Gasteiger partial charge is 0.449 e. The van der Waals surface area contributed by atoms with E-state index >= 15 is 0 Å². The summed E-state index contributed by atoms with van der Waals surface area (Å²) < 4.78 is 47.0. The van der Waals surface area contributed by atoms with Gasteiger partial charge < -0.3 is 9.84 Å². The summed E-state index contributed by atoms with van der Waals surface area (Å²) >= 11 is 4.05. The lowest BCUT2D eigenvalue weighted by Crippen LogP contribution is -2.15. The Hall–Kier alpha value is -2.43. The first-order valence-corrected chi connectivity index (χ1v) is 12.3. The normalized spacial score (nSPS) is 11.5. The third-order valence-corrected chi connectivity index (χ3v) is 7.14. The van der Waals surface area contributed by atoms with Crippen LogP contribution in [0.1, 0.15) is 19.4 Å². The highest BCUT2D eigenvalue weighted by atomic mass is 79.9. The van der Waals surface area contributed by atoms with Gasteiger partial charge in [0.2, 0.25) is 5.06 Å². The first-order chi connectivity index (χ1) is 14.5. The Labute approximate surface area is 191 Å². The van der Waals surface area contributed by atoms with Crippen LogP contribution in [0.4, 0.5) is 14.9 Å². The van der Waals surface area contributed by atoms with E-state index in [1.165, 1.54) is 12.1 Å². The zero-order valence-electron chi connectivity index (χ0n) is 16.6. The molecule has 31 heavy (non-hydrogen) atoms. The van der Waals surface area contributed by atoms with E-state index in [1.54, 1.807) is 0 Å². The van der Waals surface area contributed by atoms with E-state index in [2.05, 4.69) is 34.5 Å². The number of halogens is 2. The van der Waals surface area contributed by atoms with Crippen molar-refractivity contribution < 1.29 is 27.4 Å². The maximum atomic E-state index is 14.2. The maximum absolute atomic E-state index is 14.2. The third kappa shape index (κ3) is 5.84. The minimum Gasteiger partial charge on any atom is -0.449 e. The number of anilines is 1. The molecule has 2 N–H and O–H groups in total. The molecule has 0 radical (unpaired) electrons. The molecule has 2 aromatic carbocycles. The number of carbonyl (C=O) groups is 1. The second-order valence-electron chi connectivity index (χ2n) is 7.15. The quantitative estimate of drug-likeness (QED) is 0.348. The minimum absolute atomic E-state index is 0.0871. The average Bonchev–Trinajstić information content (AvgIpc) is 3.02. The predicted molar refractivity (Wildman–Crippen MR) is 122 cm³/mol. The van der Waals surface area contributed by atoms with E-state index in [4.69, 9.17) is 9.84 Å². The first-order valence-electron chi connectivity index (χ1n) is 9.17. The number of benzene rings is 2. The van der Waals surface area contributed by atoms with Crippen molar-refractivity contribution in [1.82, 2.24) is 0 Å². The Kier molecular flexibility index (Phi) is 7.03. The van der Waals surface area contributed by atoms with Crippen LogP contribution in [-0.4, -0.2) is 19.7 Å². The lowest BCUT2D eigenvalue weighted by atomic mass is 10.0. The topological polar surface area (TPSA) is 92.7 Å². The van der Waals surface area contributed by atoms with Crippen LogP contribution in [0.15, 0.2) is 57.9 Å². The summed E-state index contributed by atoms with van der Waals surface area (Å²) in [6.07, 6.45) is -0.669. The monoisotopic (exact) mass is 527 g/mol. The van der Waals surface area contributed by atoms with Gasteiger partial charge in [-0.25, -0.2) is 17.6 Å². The van der Waals surface area contributed by atoms with Crippen LogP contribution in [0.2, 0.25) is 0 Å². The molecule has 164 valence electrons. The van der Waals surface area contributed by atoms with Crippen molar-refractivity contribution in [1.29, 1.82) is 0 Å². The molecule has 0 aliphatic rings. The van der Waals surface area contributed by atoms with Gasteiger partial charge in [-0.05, 0) is 47.7 Å². The number of hydrogen-bond acceptors (Lipinski definition) is 5. The second-order valence-corrected chi connectivity index (χ2v) is 10.7. The summed E-state index contributed by atoms with van der Waals surface area (Å²) in [7, 11) is -4.32. The molecule has 6 nitrogen and oxygen atoms in total. The molecule has 1 heterocycles. The van der Waals surface area contributed by atoms with Crippen molar-refractivity contribution >= 4 is 49.1 Å². The Balaban J connectivity index is 1.96. The molecule has 10 heteroatoms. The number of sulfonamides is 1. The van der Waals surface area contributed by atoms with Crippen LogP contribution in [0, 0.1) is 11.7 Å². The number of nitrogens with one attached hydrogen (secondary N) is 1. The van der Waals surface area contributed by atoms with Gasteiger partial charge in [-0.1, -0.05) is 65.4 Å². The molecule has 0 saturated carbocycles. The van der Waals surface area contributed by atoms with E-state index in [-0.39, 0.29) is 10.8 Å². The van der Waals surface area contributed by atoms with Gasteiger partial charge in [-0.15, -0.1) is 0 Å². The standard InChI is InChI=1S/C21H19BrFNO5S2/c1-12(2)9-13-3-5-14(6-4-13)18-11-17(20(30-18)29-21(25)26)24-31(27,28)19-8-7-15(22)10-16(19)23/h3-8,10-12,24H,9H2,1-2H3,(H,25,26). The van der Waals surface area contributed by atoms with E-state index in [0.717, 1.165) is 41.0 Å². The first kappa shape index (κ1) is 23.2. The molecule has 1 aromatic heterocycles. The molecule has 3 aromatic rings. The number of hydrogen-bond donors (Lipinski definition) is 2. The number of thiophene rings is 1. The number of carboxylic acid groups (broad SMARTS) is 1. The predicted octanol–water partition coefficient (Wildman–Crippen LogP) is 6.37. The van der Waals surface area contributed by atoms with E-state index in [1.807, 2.05) is 24.3 Å². The van der Waals surface area contributed by atoms with Gasteiger partial charge in [0.1, 0.15) is 16.4 Å². The highest BCUT2D eigenvalue weighted by Crippen LogP contribution is 2.42. The Bertz CT molecular complexity index is 1210. The van der Waals surface area contributed by atoms with Crippen LogP contribution >= 0.6 is 27.3 Å². The summed E-state index contributed by atoms with van der Waals surface area (Å²) in [6.45, 7) is 4.24. The summed E-state index contributed by atoms with van der Waals surface area (Å²) in [6, 6.07) is 12.7. The van der Waals surface area contributed by atoms with Gasteiger partial charge >= 0.3 is 6.16 Å². The molecular weight excluding hydrogens is 509 g/mol. The van der Waals surface area contributed by atoms with E-state index in [9.17, 15) is 17.6 Å². The van der Waals surface area contributed by atoms with Gasteiger partial charge in [0.15, 0.2) is 0 Å². The van der Waals surface area contributed by atoms with Gasteiger partial charge in [0.25, 0.3) is 10.0 Å². The zero-order valence-corrected chi connectivity index (χ0v) is 19.8. The number of ether oxygens (including phenoxy) is 1. The zero-order chi connectivity index (χ0) is 22.8. The largest absolute Gasteiger partial charge is 0.512 e. The van der Waals surface area contributed by atoms with Crippen molar-refractivity contribution in [3.8, 4) is 15.5 Å². The molecule has 0 atom stereocenters. The maximum Gasteiger partial charge on any atom is 0.512 e. The highest BCUT2D eigenvalue weighted by molar-refractivity contribution is 9.10. The molecule has 0 saturated heterocycles. The SMILES string of the molecule is CC(C)Cc1ccc(-c2cc(NS(=O)(=O)c3ccc(Br)cc3F)c(OC(=O)O)s2)cc1. The average molecular weight is 528 g/mol. The van der Waals surface area contributed by atoms with Crippen LogP contribution < -0.4 is 9.46 Å². The number of rotatable bonds is 7. The fraction of sp³-hybridized carbons (Fsp3) is 0.190. The van der Waals surface area contributed by atoms with E-state index < -0.39 is 26.9 Å². The molecule has 3 rings (SSSR count). The summed E-state index contributed by atoms with van der Waals surface area (Å²) in [5.41, 5.74) is 1.84. The van der Waals surface area contributed by atoms with Crippen LogP contribution in [0.25, 0.3) is 10.4 Å². The lowest BCUT2D eigenvalue weighted by Gasteiger charge is -2.09. The Morgan fingerprint density at radius 1 is 1.19 bits per heavy atom. The molecular formula is C21H19BrFNO5S2. The molecule has 0 fully saturated rings. The molecule has 0 amide bonds. The molecule has 0 aliphatic heterocycles. The van der Waals surface area contributed by atoms with Crippen molar-refractivity contribution in [2.24, 2.45) is 5.92 Å². The molecule has 0 spiro atoms. The van der Waals surface area contributed by atoms with Crippen molar-refractivity contribution in [3.05, 3.63) is 64.4 Å². The summed E-state index contributed by atoms with van der Waals surface area (Å²) in [4.78, 5) is 11.1. The van der Waals surface area contributed by atoms with E-state index in [0.29, 0.717) is 15.3 Å². The van der Waals surface area contributed by atoms with Crippen molar-refractivity contribution in [3.63, 3.8) is 0 Å². The van der Waals surface area contributed by atoms with Gasteiger partial charge in [-0.2, -0.15) is 0 Å². The highest BCUT2D eigenvalue weighted by Gasteiger charge is 2.24. The van der Waals surface area contributed by atoms with Gasteiger partial charge in [0, 0.05) is 9.35 Å². The fourth-order valence-electron chi connectivity index (χ4n) is 2.91. The summed E-state index contributed by atoms with van der Waals surface area (Å²) in [5.74, 6) is -0.443. The fourth-order valence-corrected chi connectivity index (χ4v) is 5.39. The lowest BCUT2D eigenvalue weighted by molar-refractivity contribution is 0.146. The van der Waals surface area contributed by atoms with Gasteiger partial charge in [-0.3, -0.25) is 4.72 Å². The van der Waals surface area contributed by atoms with Gasteiger partial charge in [0.05, 0.1) is 0 Å². The minimum atomic E-state index is -4.32. The molecule has 0 aliphatic carbocycles. The van der Waals surface area contributed by atoms with Crippen LogP contribution in [-0.2, 0) is 16.4 Å². The summed E-state index contributed by atoms with van der Waals surface area (Å²) in [5, 5.41) is 8.87. The van der Waals surface area contributed by atoms with Crippen molar-refractivity contribution in [2.75, 3.05) is 4.72 Å². The van der Waals surface area contributed by atoms with Crippen LogP contribution in [0.3, 0.4) is 0 Å². The third-order valence-electron chi connectivity index (χ3n) is 4.19. The van der Waals surface area contributed by atoms with Crippen LogP contribution in [0.5, 0.6) is 5.06 Å². The Morgan fingerprint density at radius 2 is 1.87 bits per heavy atom. The molecule has 0 bridgehead atoms. The second kappa shape index (κ2) is 9.37. The molecule has 0 unspecified atom stereocenters. The van der Waals surface area contributed by atoms with Crippen molar-refractivity contribution in [2.45, 2.75) is 25.2 Å². The Morgan fingerprint density at radius 3 is 2.45 bits per heavy atom.